The van der Waals surface area contributed by atoms with Crippen LogP contribution in [0.15, 0.2) is 36.4 Å². The zero-order valence-corrected chi connectivity index (χ0v) is 21.4. The van der Waals surface area contributed by atoms with Crippen LogP contribution < -0.4 is 24.4 Å². The molecule has 0 spiro atoms. The van der Waals surface area contributed by atoms with Crippen LogP contribution in [0.1, 0.15) is 24.2 Å². The number of nitrogens with one attached hydrogen (secondary N) is 1. The molecule has 0 aromatic heterocycles. The molecule has 0 radical (unpaired) electrons. The summed E-state index contributed by atoms with van der Waals surface area (Å²) in [4.78, 5) is 31.6. The van der Waals surface area contributed by atoms with Crippen molar-refractivity contribution in [2.24, 2.45) is 5.92 Å². The number of rotatable bonds is 6. The summed E-state index contributed by atoms with van der Waals surface area (Å²) in [6.07, 6.45) is -0.404. The second kappa shape index (κ2) is 10.5. The number of likely N-dealkylation sites (N-methyl/N-ethyl adjacent to an activating group) is 1. The lowest BCUT2D eigenvalue weighted by molar-refractivity contribution is 0.0372. The molecule has 2 heterocycles. The van der Waals surface area contributed by atoms with E-state index in [4.69, 9.17) is 14.2 Å². The summed E-state index contributed by atoms with van der Waals surface area (Å²) >= 11 is 0. The molecule has 0 fully saturated rings. The Labute approximate surface area is 211 Å². The van der Waals surface area contributed by atoms with Crippen LogP contribution >= 0.6 is 0 Å². The first kappa shape index (κ1) is 25.4. The number of nitrogens with zero attached hydrogens (tertiary/aromatic N) is 3. The summed E-state index contributed by atoms with van der Waals surface area (Å²) in [6.45, 7) is 4.49. The van der Waals surface area contributed by atoms with Gasteiger partial charge in [-0.25, -0.2) is 4.79 Å². The van der Waals surface area contributed by atoms with Crippen LogP contribution in [-0.4, -0.2) is 86.6 Å². The molecule has 0 bridgehead atoms. The second-order valence-electron chi connectivity index (χ2n) is 9.55. The van der Waals surface area contributed by atoms with E-state index in [-0.39, 0.29) is 43.8 Å². The zero-order chi connectivity index (χ0) is 26.0. The number of hydrogen-bond donors (Lipinski definition) is 2. The lowest BCUT2D eigenvalue weighted by Crippen LogP contribution is -2.50. The predicted molar refractivity (Wildman–Crippen MR) is 136 cm³/mol. The van der Waals surface area contributed by atoms with Gasteiger partial charge in [-0.05, 0) is 31.2 Å². The van der Waals surface area contributed by atoms with Crippen LogP contribution in [0.25, 0.3) is 0 Å². The summed E-state index contributed by atoms with van der Waals surface area (Å²) in [5, 5.41) is 12.7. The van der Waals surface area contributed by atoms with Crippen molar-refractivity contribution in [3.63, 3.8) is 0 Å². The minimum Gasteiger partial charge on any atom is -0.485 e. The summed E-state index contributed by atoms with van der Waals surface area (Å²) in [6, 6.07) is 10.0. The minimum atomic E-state index is -0.404. The van der Waals surface area contributed by atoms with Crippen molar-refractivity contribution in [3.8, 4) is 17.2 Å². The van der Waals surface area contributed by atoms with Gasteiger partial charge in [0, 0.05) is 45.4 Å². The smallest absolute Gasteiger partial charge is 0.321 e. The molecule has 2 aliphatic heterocycles. The molecular formula is C26H34N4O6. The summed E-state index contributed by atoms with van der Waals surface area (Å²) in [5.41, 5.74) is 1.80. The van der Waals surface area contributed by atoms with Gasteiger partial charge < -0.3 is 39.3 Å². The quantitative estimate of drug-likeness (QED) is 0.631. The van der Waals surface area contributed by atoms with E-state index >= 15 is 0 Å². The maximum absolute atomic E-state index is 13.5. The van der Waals surface area contributed by atoms with Crippen molar-refractivity contribution in [1.82, 2.24) is 9.80 Å². The van der Waals surface area contributed by atoms with Crippen molar-refractivity contribution >= 4 is 23.3 Å². The number of aliphatic hydroxyl groups excluding tert-OH is 1. The van der Waals surface area contributed by atoms with Crippen molar-refractivity contribution in [2.45, 2.75) is 26.0 Å². The number of para-hydroxylation sites is 1. The second-order valence-corrected chi connectivity index (χ2v) is 9.55. The molecule has 2 aromatic carbocycles. The first-order chi connectivity index (χ1) is 17.2. The topological polar surface area (TPSA) is 104 Å². The maximum Gasteiger partial charge on any atom is 0.321 e. The molecule has 36 heavy (non-hydrogen) atoms. The largest absolute Gasteiger partial charge is 0.485 e. The van der Waals surface area contributed by atoms with Crippen LogP contribution in [-0.2, 0) is 0 Å². The third-order valence-electron chi connectivity index (χ3n) is 6.58. The zero-order valence-electron chi connectivity index (χ0n) is 21.4. The fourth-order valence-corrected chi connectivity index (χ4v) is 4.34. The van der Waals surface area contributed by atoms with E-state index in [1.165, 1.54) is 0 Å². The number of ether oxygens (including phenoxy) is 3. The Morgan fingerprint density at radius 2 is 1.94 bits per heavy atom. The Hall–Kier alpha value is -3.66. The Morgan fingerprint density at radius 3 is 2.67 bits per heavy atom. The Kier molecular flexibility index (Phi) is 7.44. The number of hydrogen-bond acceptors (Lipinski definition) is 7. The van der Waals surface area contributed by atoms with Gasteiger partial charge in [0.25, 0.3) is 5.91 Å². The van der Waals surface area contributed by atoms with Crippen LogP contribution in [0.2, 0.25) is 0 Å². The van der Waals surface area contributed by atoms with Gasteiger partial charge in [0.05, 0.1) is 30.4 Å². The fourth-order valence-electron chi connectivity index (χ4n) is 4.34. The predicted octanol–water partition coefficient (Wildman–Crippen LogP) is 2.87. The number of benzene rings is 2. The van der Waals surface area contributed by atoms with Gasteiger partial charge in [-0.15, -0.1) is 0 Å². The number of fused-ring (bicyclic) bond motifs is 2. The molecule has 0 unspecified atom stereocenters. The number of urea groups is 1. The molecule has 0 saturated carbocycles. The van der Waals surface area contributed by atoms with E-state index in [9.17, 15) is 14.7 Å². The molecule has 0 aliphatic carbocycles. The monoisotopic (exact) mass is 498 g/mol. The van der Waals surface area contributed by atoms with Crippen molar-refractivity contribution in [1.29, 1.82) is 0 Å². The van der Waals surface area contributed by atoms with Gasteiger partial charge in [0.2, 0.25) is 6.79 Å². The Morgan fingerprint density at radius 1 is 1.19 bits per heavy atom. The number of carbonyl (C=O) groups is 2. The average molecular weight is 499 g/mol. The SMILES string of the molecule is C[C@@H]1CN([C@@H](C)CO)C(=O)c2cccc(N(C)C)c2O[C@H]1CN(C)C(=O)Nc1ccc2c(c1)OCO2. The molecule has 10 heteroatoms. The lowest BCUT2D eigenvalue weighted by atomic mass is 9.99. The first-order valence-corrected chi connectivity index (χ1v) is 12.0. The van der Waals surface area contributed by atoms with Gasteiger partial charge in [-0.3, -0.25) is 4.79 Å². The number of aliphatic hydroxyl groups is 1. The standard InChI is InChI=1S/C26H34N4O6/c1-16-12-30(17(2)14-31)25(32)19-7-6-8-20(28(3)4)24(19)36-23(16)13-29(5)26(33)27-18-9-10-21-22(11-18)35-15-34-21/h6-11,16-17,23,31H,12-15H2,1-5H3,(H,27,33)/t16-,17+,23+/m1/s1. The van der Waals surface area contributed by atoms with E-state index in [1.807, 2.05) is 45.0 Å². The van der Waals surface area contributed by atoms with Gasteiger partial charge in [-0.2, -0.15) is 0 Å². The van der Waals surface area contributed by atoms with E-state index in [0.29, 0.717) is 35.0 Å². The first-order valence-electron chi connectivity index (χ1n) is 12.0. The van der Waals surface area contributed by atoms with E-state index in [1.54, 1.807) is 41.1 Å². The third-order valence-corrected chi connectivity index (χ3v) is 6.58. The van der Waals surface area contributed by atoms with Crippen molar-refractivity contribution in [2.75, 3.05) is 57.8 Å². The van der Waals surface area contributed by atoms with Crippen LogP contribution in [0, 0.1) is 5.92 Å². The van der Waals surface area contributed by atoms with E-state index < -0.39 is 6.10 Å². The number of amides is 3. The molecular weight excluding hydrogens is 464 g/mol. The summed E-state index contributed by atoms with van der Waals surface area (Å²) < 4.78 is 17.2. The van der Waals surface area contributed by atoms with Gasteiger partial charge >= 0.3 is 6.03 Å². The third kappa shape index (κ3) is 5.13. The minimum absolute atomic E-state index is 0.118. The molecule has 3 amide bonds. The van der Waals surface area contributed by atoms with Crippen LogP contribution in [0.3, 0.4) is 0 Å². The van der Waals surface area contributed by atoms with Gasteiger partial charge in [-0.1, -0.05) is 13.0 Å². The maximum atomic E-state index is 13.5. The van der Waals surface area contributed by atoms with Crippen LogP contribution in [0.5, 0.6) is 17.2 Å². The highest BCUT2D eigenvalue weighted by Crippen LogP contribution is 2.36. The highest BCUT2D eigenvalue weighted by Gasteiger charge is 2.35. The Balaban J connectivity index is 1.58. The highest BCUT2D eigenvalue weighted by molar-refractivity contribution is 5.99. The van der Waals surface area contributed by atoms with Crippen LogP contribution in [0.4, 0.5) is 16.2 Å². The Bertz CT molecular complexity index is 1120. The van der Waals surface area contributed by atoms with Crippen molar-refractivity contribution in [3.05, 3.63) is 42.0 Å². The molecule has 10 nitrogen and oxygen atoms in total. The van der Waals surface area contributed by atoms with E-state index in [0.717, 1.165) is 5.69 Å². The molecule has 2 N–H and O–H groups in total. The number of carbonyl (C=O) groups excluding carboxylic acids is 2. The molecule has 194 valence electrons. The summed E-state index contributed by atoms with van der Waals surface area (Å²) in [5.74, 6) is 1.40. The number of anilines is 2. The lowest BCUT2D eigenvalue weighted by Gasteiger charge is -2.39. The molecule has 0 saturated heterocycles. The van der Waals surface area contributed by atoms with Crippen molar-refractivity contribution < 1.29 is 28.9 Å². The summed E-state index contributed by atoms with van der Waals surface area (Å²) in [7, 11) is 5.48. The van der Waals surface area contributed by atoms with Gasteiger partial charge in [0.15, 0.2) is 17.2 Å². The van der Waals surface area contributed by atoms with E-state index in [2.05, 4.69) is 5.32 Å². The highest BCUT2D eigenvalue weighted by atomic mass is 16.7. The molecule has 4 rings (SSSR count). The normalized spacial score (nSPS) is 19.5. The average Bonchev–Trinajstić information content (AvgIpc) is 3.33. The molecule has 3 atom stereocenters. The molecule has 2 aromatic rings. The van der Waals surface area contributed by atoms with Gasteiger partial charge in [0.1, 0.15) is 6.10 Å². The fraction of sp³-hybridized carbons (Fsp3) is 0.462. The molecule has 2 aliphatic rings.